The fourth-order valence-electron chi connectivity index (χ4n) is 3.40. The molecule has 144 valence electrons. The fraction of sp³-hybridized carbons (Fsp3) is 0.125. The number of pyridine rings is 1. The minimum Gasteiger partial charge on any atom is -0.350 e. The van der Waals surface area contributed by atoms with Crippen LogP contribution in [0.3, 0.4) is 0 Å². The number of hydrogen-bond donors (Lipinski definition) is 1. The molecule has 0 radical (unpaired) electrons. The third-order valence-electron chi connectivity index (χ3n) is 5.16. The minimum absolute atomic E-state index is 0.180. The third-order valence-corrected chi connectivity index (χ3v) is 5.16. The number of imide groups is 1. The van der Waals surface area contributed by atoms with Crippen molar-refractivity contribution in [1.82, 2.24) is 9.88 Å². The van der Waals surface area contributed by atoms with Crippen LogP contribution < -0.4 is 5.32 Å². The molecule has 5 heteroatoms. The van der Waals surface area contributed by atoms with Crippen molar-refractivity contribution >= 4 is 23.1 Å². The SMILES string of the molecule is Cc1cccc(NC2=C(c3ccccc3)C(=O)N(Cc3cccnc3)C2=O)c1C. The Morgan fingerprint density at radius 3 is 2.41 bits per heavy atom. The van der Waals surface area contributed by atoms with Crippen LogP contribution >= 0.6 is 0 Å². The molecule has 0 saturated heterocycles. The van der Waals surface area contributed by atoms with Crippen LogP contribution in [0.15, 0.2) is 78.8 Å². The van der Waals surface area contributed by atoms with Crippen LogP contribution in [0.1, 0.15) is 22.3 Å². The maximum absolute atomic E-state index is 13.3. The van der Waals surface area contributed by atoms with E-state index in [2.05, 4.69) is 10.3 Å². The van der Waals surface area contributed by atoms with E-state index in [-0.39, 0.29) is 18.4 Å². The van der Waals surface area contributed by atoms with Gasteiger partial charge in [-0.1, -0.05) is 48.5 Å². The second-order valence-electron chi connectivity index (χ2n) is 7.05. The molecule has 0 aliphatic carbocycles. The highest BCUT2D eigenvalue weighted by molar-refractivity contribution is 6.36. The minimum atomic E-state index is -0.335. The van der Waals surface area contributed by atoms with Gasteiger partial charge >= 0.3 is 0 Å². The van der Waals surface area contributed by atoms with Gasteiger partial charge in [0, 0.05) is 18.1 Å². The Morgan fingerprint density at radius 1 is 0.897 bits per heavy atom. The van der Waals surface area contributed by atoms with E-state index in [1.165, 1.54) is 4.90 Å². The van der Waals surface area contributed by atoms with E-state index in [1.54, 1.807) is 18.5 Å². The highest BCUT2D eigenvalue weighted by Gasteiger charge is 2.39. The van der Waals surface area contributed by atoms with Crippen molar-refractivity contribution in [2.75, 3.05) is 5.32 Å². The summed E-state index contributed by atoms with van der Waals surface area (Å²) in [6, 6.07) is 18.8. The van der Waals surface area contributed by atoms with E-state index >= 15 is 0 Å². The van der Waals surface area contributed by atoms with E-state index in [4.69, 9.17) is 0 Å². The lowest BCUT2D eigenvalue weighted by Crippen LogP contribution is -2.32. The Kier molecular flexibility index (Phi) is 4.96. The number of amides is 2. The molecular weight excluding hydrogens is 362 g/mol. The lowest BCUT2D eigenvalue weighted by atomic mass is 10.0. The molecule has 2 aromatic carbocycles. The van der Waals surface area contributed by atoms with Gasteiger partial charge in [0.2, 0.25) is 0 Å². The summed E-state index contributed by atoms with van der Waals surface area (Å²) in [4.78, 5) is 31.9. The van der Waals surface area contributed by atoms with E-state index < -0.39 is 0 Å². The first-order valence-corrected chi connectivity index (χ1v) is 9.44. The lowest BCUT2D eigenvalue weighted by Gasteiger charge is -2.16. The van der Waals surface area contributed by atoms with Crippen LogP contribution in [0.2, 0.25) is 0 Å². The number of rotatable bonds is 5. The first kappa shape index (κ1) is 18.6. The number of nitrogens with zero attached hydrogens (tertiary/aromatic N) is 2. The summed E-state index contributed by atoms with van der Waals surface area (Å²) in [5.74, 6) is -0.642. The molecule has 29 heavy (non-hydrogen) atoms. The highest BCUT2D eigenvalue weighted by Crippen LogP contribution is 2.32. The van der Waals surface area contributed by atoms with E-state index in [9.17, 15) is 9.59 Å². The van der Waals surface area contributed by atoms with Crippen molar-refractivity contribution in [2.45, 2.75) is 20.4 Å². The van der Waals surface area contributed by atoms with Gasteiger partial charge in [0.15, 0.2) is 0 Å². The van der Waals surface area contributed by atoms with Crippen molar-refractivity contribution in [3.8, 4) is 0 Å². The quantitative estimate of drug-likeness (QED) is 0.674. The topological polar surface area (TPSA) is 62.3 Å². The Bertz CT molecular complexity index is 1110. The molecule has 0 bridgehead atoms. The second-order valence-corrected chi connectivity index (χ2v) is 7.05. The van der Waals surface area contributed by atoms with E-state index in [1.807, 2.05) is 68.4 Å². The van der Waals surface area contributed by atoms with Crippen LogP contribution in [0.4, 0.5) is 5.69 Å². The predicted molar refractivity (Wildman–Crippen MR) is 113 cm³/mol. The Labute approximate surface area is 169 Å². The summed E-state index contributed by atoms with van der Waals surface area (Å²) in [5.41, 5.74) is 5.18. The number of anilines is 1. The molecule has 1 aromatic heterocycles. The van der Waals surface area contributed by atoms with Crippen LogP contribution in [-0.2, 0) is 16.1 Å². The number of carbonyl (C=O) groups excluding carboxylic acids is 2. The largest absolute Gasteiger partial charge is 0.350 e. The molecule has 3 aromatic rings. The zero-order valence-electron chi connectivity index (χ0n) is 16.3. The molecular formula is C24H21N3O2. The highest BCUT2D eigenvalue weighted by atomic mass is 16.2. The normalized spacial score (nSPS) is 13.9. The van der Waals surface area contributed by atoms with Crippen LogP contribution in [0.5, 0.6) is 0 Å². The maximum atomic E-state index is 13.3. The van der Waals surface area contributed by atoms with Crippen LogP contribution in [0, 0.1) is 13.8 Å². The first-order chi connectivity index (χ1) is 14.1. The smallest absolute Gasteiger partial charge is 0.278 e. The molecule has 1 aliphatic rings. The monoisotopic (exact) mass is 383 g/mol. The first-order valence-electron chi connectivity index (χ1n) is 9.44. The standard InChI is InChI=1S/C24H21N3O2/c1-16-8-6-12-20(17(16)2)26-22-21(19-10-4-3-5-11-19)23(28)27(24(22)29)15-18-9-7-13-25-14-18/h3-14,26H,15H2,1-2H3. The van der Waals surface area contributed by atoms with E-state index in [0.717, 1.165) is 22.4 Å². The third kappa shape index (κ3) is 3.55. The van der Waals surface area contributed by atoms with Crippen molar-refractivity contribution in [1.29, 1.82) is 0 Å². The summed E-state index contributed by atoms with van der Waals surface area (Å²) < 4.78 is 0. The molecule has 1 N–H and O–H groups in total. The van der Waals surface area contributed by atoms with Gasteiger partial charge in [-0.25, -0.2) is 0 Å². The summed E-state index contributed by atoms with van der Waals surface area (Å²) in [6.45, 7) is 4.19. The molecule has 1 aliphatic heterocycles. The molecule has 4 rings (SSSR count). The molecule has 0 atom stereocenters. The number of aromatic nitrogens is 1. The predicted octanol–water partition coefficient (Wildman–Crippen LogP) is 4.09. The summed E-state index contributed by atoms with van der Waals surface area (Å²) in [7, 11) is 0. The molecule has 0 saturated carbocycles. The Hall–Kier alpha value is -3.73. The van der Waals surface area contributed by atoms with Crippen LogP contribution in [-0.4, -0.2) is 21.7 Å². The summed E-state index contributed by atoms with van der Waals surface area (Å²) in [6.07, 6.45) is 3.33. The summed E-state index contributed by atoms with van der Waals surface area (Å²) >= 11 is 0. The van der Waals surface area contributed by atoms with E-state index in [0.29, 0.717) is 16.8 Å². The zero-order valence-corrected chi connectivity index (χ0v) is 16.3. The van der Waals surface area contributed by atoms with Gasteiger partial charge < -0.3 is 5.32 Å². The van der Waals surface area contributed by atoms with Crippen molar-refractivity contribution in [2.24, 2.45) is 0 Å². The average Bonchev–Trinajstić information content (AvgIpc) is 2.97. The van der Waals surface area contributed by atoms with Crippen LogP contribution in [0.25, 0.3) is 5.57 Å². The van der Waals surface area contributed by atoms with Gasteiger partial charge in [-0.3, -0.25) is 19.5 Å². The Morgan fingerprint density at radius 2 is 1.69 bits per heavy atom. The molecule has 0 unspecified atom stereocenters. The van der Waals surface area contributed by atoms with Crippen molar-refractivity contribution < 1.29 is 9.59 Å². The van der Waals surface area contributed by atoms with Gasteiger partial charge in [0.05, 0.1) is 12.1 Å². The number of hydrogen-bond acceptors (Lipinski definition) is 4. The number of aryl methyl sites for hydroxylation is 1. The lowest BCUT2D eigenvalue weighted by molar-refractivity contribution is -0.137. The maximum Gasteiger partial charge on any atom is 0.278 e. The van der Waals surface area contributed by atoms with Gasteiger partial charge in [0.25, 0.3) is 11.8 Å². The molecule has 5 nitrogen and oxygen atoms in total. The average molecular weight is 383 g/mol. The zero-order chi connectivity index (χ0) is 20.4. The number of benzene rings is 2. The van der Waals surface area contributed by atoms with Crippen molar-refractivity contribution in [3.63, 3.8) is 0 Å². The molecule has 2 amide bonds. The molecule has 0 fully saturated rings. The second kappa shape index (κ2) is 7.72. The number of nitrogens with one attached hydrogen (secondary N) is 1. The van der Waals surface area contributed by atoms with Gasteiger partial charge in [-0.15, -0.1) is 0 Å². The molecule has 2 heterocycles. The van der Waals surface area contributed by atoms with Gasteiger partial charge in [0.1, 0.15) is 5.70 Å². The number of carbonyl (C=O) groups is 2. The molecule has 0 spiro atoms. The Balaban J connectivity index is 1.76. The summed E-state index contributed by atoms with van der Waals surface area (Å²) in [5, 5.41) is 3.25. The van der Waals surface area contributed by atoms with Gasteiger partial charge in [-0.2, -0.15) is 0 Å². The van der Waals surface area contributed by atoms with Gasteiger partial charge in [-0.05, 0) is 48.2 Å². The van der Waals surface area contributed by atoms with Crippen molar-refractivity contribution in [3.05, 3.63) is 101 Å². The fourth-order valence-corrected chi connectivity index (χ4v) is 3.40.